The summed E-state index contributed by atoms with van der Waals surface area (Å²) in [6.45, 7) is 1.83. The van der Waals surface area contributed by atoms with E-state index in [1.807, 2.05) is 12.2 Å². The van der Waals surface area contributed by atoms with Crippen molar-refractivity contribution in [3.63, 3.8) is 0 Å². The number of hydrogen-bond acceptors (Lipinski definition) is 9. The highest BCUT2D eigenvalue weighted by Crippen LogP contribution is 2.43. The van der Waals surface area contributed by atoms with E-state index in [1.54, 1.807) is 6.07 Å². The number of carbonyl (C=O) groups excluding carboxylic acids is 2. The zero-order valence-electron chi connectivity index (χ0n) is 25.1. The summed E-state index contributed by atoms with van der Waals surface area (Å²) in [5, 5.41) is 23.4. The van der Waals surface area contributed by atoms with Gasteiger partial charge in [0.05, 0.1) is 40.9 Å². The van der Waals surface area contributed by atoms with Gasteiger partial charge in [0, 0.05) is 12.8 Å². The predicted octanol–water partition coefficient (Wildman–Crippen LogP) is 4.63. The van der Waals surface area contributed by atoms with Crippen molar-refractivity contribution in [1.29, 1.82) is 0 Å². The fourth-order valence-corrected chi connectivity index (χ4v) is 6.32. The number of hydrogen-bond donors (Lipinski definition) is 2. The minimum absolute atomic E-state index is 0.0286. The minimum Gasteiger partial charge on any atom is -0.344 e. The average Bonchev–Trinajstić information content (AvgIpc) is 3.78. The predicted molar refractivity (Wildman–Crippen MR) is 149 cm³/mol. The molecular formula is C29H28F7N9O3. The number of aromatic nitrogens is 7. The number of amides is 2. The number of imidazole rings is 1. The molecule has 1 saturated heterocycles. The summed E-state index contributed by atoms with van der Waals surface area (Å²) in [5.74, 6) is -5.45. The van der Waals surface area contributed by atoms with Crippen molar-refractivity contribution < 1.29 is 45.0 Å². The van der Waals surface area contributed by atoms with E-state index >= 15 is 0 Å². The second-order valence-corrected chi connectivity index (χ2v) is 12.1. The standard InChI is InChI=1S/C29H28F7N9O3/c1-2-16-3-4-18(42-41-16)27(11-19(29(34,35)36)39-26(27)47)10-14-9-20-38-17(13-45(20)37-12-14)21(15-5-7-28(32,33)8-6-15)40-25(46)23-22(24(30)31)43-48-44-23/h3-4,9,12-13,15,19,21,24H,2,5-8,10-11H2,1H3,(H,39,47)(H,40,46)/t19-,21-,27-/m0/s1. The summed E-state index contributed by atoms with van der Waals surface area (Å²) in [6, 6.07) is 1.40. The van der Waals surface area contributed by atoms with Crippen molar-refractivity contribution >= 4 is 17.5 Å². The van der Waals surface area contributed by atoms with Gasteiger partial charge in [-0.1, -0.05) is 6.92 Å². The van der Waals surface area contributed by atoms with Crippen molar-refractivity contribution in [2.45, 2.75) is 87.9 Å². The molecule has 2 fully saturated rings. The largest absolute Gasteiger partial charge is 0.408 e. The van der Waals surface area contributed by atoms with E-state index in [0.29, 0.717) is 17.7 Å². The van der Waals surface area contributed by atoms with Crippen LogP contribution in [0.15, 0.2) is 35.2 Å². The van der Waals surface area contributed by atoms with Gasteiger partial charge in [0.1, 0.15) is 6.04 Å². The number of nitrogens with one attached hydrogen (secondary N) is 2. The van der Waals surface area contributed by atoms with Gasteiger partial charge in [0.2, 0.25) is 17.5 Å². The Labute approximate surface area is 266 Å². The Morgan fingerprint density at radius 3 is 2.54 bits per heavy atom. The van der Waals surface area contributed by atoms with Crippen LogP contribution in [0.2, 0.25) is 0 Å². The van der Waals surface area contributed by atoms with Crippen molar-refractivity contribution in [1.82, 2.24) is 45.7 Å². The minimum atomic E-state index is -4.71. The first-order chi connectivity index (χ1) is 22.7. The van der Waals surface area contributed by atoms with Gasteiger partial charge in [0.15, 0.2) is 11.3 Å². The normalized spacial score (nSPS) is 22.3. The zero-order valence-corrected chi connectivity index (χ0v) is 25.1. The van der Waals surface area contributed by atoms with Crippen LogP contribution in [-0.2, 0) is 23.1 Å². The fraction of sp³-hybridized carbons (Fsp3) is 0.517. The molecule has 6 rings (SSSR count). The van der Waals surface area contributed by atoms with E-state index in [0.717, 1.165) is 0 Å². The van der Waals surface area contributed by atoms with E-state index in [2.05, 4.69) is 40.5 Å². The Balaban J connectivity index is 1.34. The molecule has 4 aromatic rings. The molecule has 0 radical (unpaired) electrons. The van der Waals surface area contributed by atoms with Crippen LogP contribution in [0, 0.1) is 5.92 Å². The maximum absolute atomic E-state index is 14.0. The highest BCUT2D eigenvalue weighted by Gasteiger charge is 2.57. The smallest absolute Gasteiger partial charge is 0.344 e. The number of halogens is 7. The highest BCUT2D eigenvalue weighted by atomic mass is 19.4. The van der Waals surface area contributed by atoms with Crippen molar-refractivity contribution in [3.05, 3.63) is 64.6 Å². The first-order valence-electron chi connectivity index (χ1n) is 15.0. The number of rotatable bonds is 9. The van der Waals surface area contributed by atoms with Crippen molar-refractivity contribution in [3.8, 4) is 0 Å². The Kier molecular flexibility index (Phi) is 8.57. The molecule has 2 aliphatic rings. The molecule has 1 saturated carbocycles. The molecule has 1 aliphatic heterocycles. The van der Waals surface area contributed by atoms with Gasteiger partial charge in [-0.3, -0.25) is 9.59 Å². The topological polar surface area (TPSA) is 153 Å². The summed E-state index contributed by atoms with van der Waals surface area (Å²) < 4.78 is 102. The van der Waals surface area contributed by atoms with E-state index < -0.39 is 84.4 Å². The molecule has 2 amide bonds. The quantitative estimate of drug-likeness (QED) is 0.241. The molecule has 256 valence electrons. The van der Waals surface area contributed by atoms with Crippen molar-refractivity contribution in [2.24, 2.45) is 5.92 Å². The number of carbonyl (C=O) groups is 2. The van der Waals surface area contributed by atoms with Crippen LogP contribution < -0.4 is 10.6 Å². The summed E-state index contributed by atoms with van der Waals surface area (Å²) in [6.07, 6.45) is -6.50. The molecule has 5 heterocycles. The molecule has 19 heteroatoms. The van der Waals surface area contributed by atoms with Crippen LogP contribution in [0.25, 0.3) is 5.65 Å². The second kappa shape index (κ2) is 12.4. The van der Waals surface area contributed by atoms with Crippen molar-refractivity contribution in [2.75, 3.05) is 0 Å². The van der Waals surface area contributed by atoms with E-state index in [1.165, 1.54) is 29.0 Å². The molecule has 0 spiro atoms. The van der Waals surface area contributed by atoms with Crippen LogP contribution in [0.4, 0.5) is 30.7 Å². The first kappa shape index (κ1) is 33.2. The maximum atomic E-state index is 14.0. The van der Waals surface area contributed by atoms with Crippen LogP contribution in [0.3, 0.4) is 0 Å². The van der Waals surface area contributed by atoms with E-state index in [9.17, 15) is 40.3 Å². The molecule has 4 aromatic heterocycles. The number of fused-ring (bicyclic) bond motifs is 1. The molecule has 0 unspecified atom stereocenters. The number of alkyl halides is 7. The van der Waals surface area contributed by atoms with Crippen LogP contribution in [0.1, 0.15) is 90.3 Å². The molecule has 12 nitrogen and oxygen atoms in total. The van der Waals surface area contributed by atoms with Gasteiger partial charge >= 0.3 is 6.18 Å². The van der Waals surface area contributed by atoms with Gasteiger partial charge < -0.3 is 10.6 Å². The summed E-state index contributed by atoms with van der Waals surface area (Å²) in [4.78, 5) is 30.9. The third-order valence-electron chi connectivity index (χ3n) is 8.94. The molecule has 3 atom stereocenters. The molecule has 0 aromatic carbocycles. The van der Waals surface area contributed by atoms with Gasteiger partial charge in [-0.2, -0.15) is 28.5 Å². The van der Waals surface area contributed by atoms with Crippen LogP contribution >= 0.6 is 0 Å². The van der Waals surface area contributed by atoms with Crippen LogP contribution in [-0.4, -0.2) is 65.1 Å². The number of aryl methyl sites for hydroxylation is 1. The van der Waals surface area contributed by atoms with Gasteiger partial charge in [0.25, 0.3) is 12.3 Å². The lowest BCUT2D eigenvalue weighted by molar-refractivity contribution is -0.155. The fourth-order valence-electron chi connectivity index (χ4n) is 6.32. The average molecular weight is 684 g/mol. The highest BCUT2D eigenvalue weighted by molar-refractivity contribution is 5.93. The van der Waals surface area contributed by atoms with Crippen LogP contribution in [0.5, 0.6) is 0 Å². The summed E-state index contributed by atoms with van der Waals surface area (Å²) in [7, 11) is 0. The van der Waals surface area contributed by atoms with E-state index in [4.69, 9.17) is 0 Å². The Morgan fingerprint density at radius 2 is 1.92 bits per heavy atom. The zero-order chi connectivity index (χ0) is 34.4. The Hall–Kier alpha value is -4.71. The Morgan fingerprint density at radius 1 is 1.17 bits per heavy atom. The van der Waals surface area contributed by atoms with Gasteiger partial charge in [-0.05, 0) is 72.1 Å². The first-order valence-corrected chi connectivity index (χ1v) is 15.0. The summed E-state index contributed by atoms with van der Waals surface area (Å²) in [5.41, 5.74) is -2.23. The van der Waals surface area contributed by atoms with E-state index in [-0.39, 0.29) is 36.3 Å². The molecule has 1 aliphatic carbocycles. The molecule has 48 heavy (non-hydrogen) atoms. The van der Waals surface area contributed by atoms with Gasteiger partial charge in [-0.25, -0.2) is 31.7 Å². The third-order valence-corrected chi connectivity index (χ3v) is 8.94. The lowest BCUT2D eigenvalue weighted by Gasteiger charge is -2.33. The number of nitrogens with zero attached hydrogens (tertiary/aromatic N) is 7. The molecular weight excluding hydrogens is 655 g/mol. The third kappa shape index (κ3) is 6.41. The monoisotopic (exact) mass is 683 g/mol. The maximum Gasteiger partial charge on any atom is 0.408 e. The molecule has 0 bridgehead atoms. The lowest BCUT2D eigenvalue weighted by Crippen LogP contribution is -2.40. The Bertz CT molecular complexity index is 1800. The van der Waals surface area contributed by atoms with Gasteiger partial charge in [-0.15, -0.1) is 0 Å². The lowest BCUT2D eigenvalue weighted by atomic mass is 9.76. The summed E-state index contributed by atoms with van der Waals surface area (Å²) >= 11 is 0. The SMILES string of the molecule is CCc1ccc([C@]2(Cc3cnn4cc([C@@H](NC(=O)c5nonc5C(F)F)C5CCC(F)(F)CC5)nc4c3)C[C@@H](C(F)(F)F)NC2=O)nn1. The molecule has 2 N–H and O–H groups in total. The second-order valence-electron chi connectivity index (χ2n) is 12.1.